The van der Waals surface area contributed by atoms with E-state index < -0.39 is 36.0 Å². The van der Waals surface area contributed by atoms with Gasteiger partial charge in [0.05, 0.1) is 11.1 Å². The van der Waals surface area contributed by atoms with Crippen molar-refractivity contribution in [2.45, 2.75) is 26.1 Å². The minimum Gasteiger partial charge on any atom is -0.478 e. The highest BCUT2D eigenvalue weighted by Crippen LogP contribution is 2.18. The molecule has 3 aromatic rings. The molecule has 3 rings (SSSR count). The average Bonchev–Trinajstić information content (AvgIpc) is 2.80. The number of carbonyl (C=O) groups is 4. The van der Waals surface area contributed by atoms with Crippen LogP contribution in [0.4, 0.5) is 5.69 Å². The standard InChI is InChI=1S/C26H22INO7/c1-15-6-3-8-17(12-15)25(32)34-21(23(29)28-20-11-5-10-19(27)14-20)22(24(30)31)35-26(33)18-9-4-7-16(2)13-18/h3-14,21-22H,1-2H3,(H,28,29)(H,30,31)/t21-,22+/m1/s1. The van der Waals surface area contributed by atoms with Gasteiger partial charge in [0.15, 0.2) is 0 Å². The van der Waals surface area contributed by atoms with E-state index in [-0.39, 0.29) is 11.1 Å². The molecule has 180 valence electrons. The van der Waals surface area contributed by atoms with Crippen molar-refractivity contribution in [3.05, 3.63) is 98.6 Å². The Morgan fingerprint density at radius 1 is 0.771 bits per heavy atom. The summed E-state index contributed by atoms with van der Waals surface area (Å²) in [5, 5.41) is 12.4. The number of carboxylic acids is 1. The number of hydrogen-bond acceptors (Lipinski definition) is 6. The van der Waals surface area contributed by atoms with Crippen molar-refractivity contribution in [3.8, 4) is 0 Å². The van der Waals surface area contributed by atoms with Gasteiger partial charge in [-0.2, -0.15) is 0 Å². The second kappa shape index (κ2) is 11.6. The molecule has 0 bridgehead atoms. The first-order valence-corrected chi connectivity index (χ1v) is 11.6. The van der Waals surface area contributed by atoms with Crippen LogP contribution in [0, 0.1) is 17.4 Å². The largest absolute Gasteiger partial charge is 0.478 e. The molecular weight excluding hydrogens is 565 g/mol. The summed E-state index contributed by atoms with van der Waals surface area (Å²) in [5.74, 6) is -4.52. The van der Waals surface area contributed by atoms with Gasteiger partial charge in [-0.25, -0.2) is 14.4 Å². The maximum Gasteiger partial charge on any atom is 0.349 e. The van der Waals surface area contributed by atoms with E-state index >= 15 is 0 Å². The third kappa shape index (κ3) is 7.12. The third-order valence-corrected chi connectivity index (χ3v) is 5.52. The van der Waals surface area contributed by atoms with Gasteiger partial charge in [-0.05, 0) is 78.9 Å². The van der Waals surface area contributed by atoms with Gasteiger partial charge in [0.2, 0.25) is 12.2 Å². The Morgan fingerprint density at radius 3 is 1.77 bits per heavy atom. The van der Waals surface area contributed by atoms with E-state index in [4.69, 9.17) is 9.47 Å². The SMILES string of the molecule is Cc1cccc(C(=O)O[C@H](C(=O)O)[C@@H](OC(=O)c2cccc(C)c2)C(=O)Nc2cccc(I)c2)c1. The van der Waals surface area contributed by atoms with E-state index in [9.17, 15) is 24.3 Å². The zero-order chi connectivity index (χ0) is 25.5. The molecule has 35 heavy (non-hydrogen) atoms. The van der Waals surface area contributed by atoms with Crippen LogP contribution in [0.25, 0.3) is 0 Å². The predicted octanol–water partition coefficient (Wildman–Crippen LogP) is 4.38. The summed E-state index contributed by atoms with van der Waals surface area (Å²) in [4.78, 5) is 50.7. The molecule has 9 heteroatoms. The number of carboxylic acid groups (broad SMARTS) is 1. The quantitative estimate of drug-likeness (QED) is 0.297. The summed E-state index contributed by atoms with van der Waals surface area (Å²) in [6.45, 7) is 3.52. The van der Waals surface area contributed by atoms with Crippen LogP contribution in [0.5, 0.6) is 0 Å². The second-order valence-corrected chi connectivity index (χ2v) is 8.97. The maximum absolute atomic E-state index is 13.1. The van der Waals surface area contributed by atoms with Crippen LogP contribution in [-0.4, -0.2) is 41.1 Å². The Labute approximate surface area is 215 Å². The van der Waals surface area contributed by atoms with E-state index in [0.717, 1.165) is 14.7 Å². The van der Waals surface area contributed by atoms with Crippen molar-refractivity contribution in [2.75, 3.05) is 5.32 Å². The van der Waals surface area contributed by atoms with Gasteiger partial charge >= 0.3 is 17.9 Å². The van der Waals surface area contributed by atoms with Gasteiger partial charge in [0.1, 0.15) is 0 Å². The second-order valence-electron chi connectivity index (χ2n) is 7.73. The van der Waals surface area contributed by atoms with Gasteiger partial charge in [-0.15, -0.1) is 0 Å². The number of ether oxygens (including phenoxy) is 2. The third-order valence-electron chi connectivity index (χ3n) is 4.84. The molecule has 0 fully saturated rings. The van der Waals surface area contributed by atoms with Gasteiger partial charge in [-0.3, -0.25) is 4.79 Å². The molecule has 0 radical (unpaired) electrons. The number of aliphatic carboxylic acids is 1. The van der Waals surface area contributed by atoms with Crippen molar-refractivity contribution in [2.24, 2.45) is 0 Å². The Bertz CT molecular complexity index is 1270. The predicted molar refractivity (Wildman–Crippen MR) is 136 cm³/mol. The number of aryl methyl sites for hydroxylation is 2. The molecule has 0 aromatic heterocycles. The number of nitrogens with one attached hydrogen (secondary N) is 1. The number of anilines is 1. The Hall–Kier alpha value is -3.73. The fourth-order valence-corrected chi connectivity index (χ4v) is 3.73. The highest BCUT2D eigenvalue weighted by molar-refractivity contribution is 14.1. The molecular formula is C26H22INO7. The molecule has 0 aliphatic carbocycles. The molecule has 0 unspecified atom stereocenters. The number of halogens is 1. The van der Waals surface area contributed by atoms with Gasteiger partial charge in [-0.1, -0.05) is 41.5 Å². The molecule has 8 nitrogen and oxygen atoms in total. The number of benzene rings is 3. The summed E-state index contributed by atoms with van der Waals surface area (Å²) >= 11 is 2.05. The van der Waals surface area contributed by atoms with Crippen LogP contribution in [0.1, 0.15) is 31.8 Å². The van der Waals surface area contributed by atoms with E-state index in [2.05, 4.69) is 5.32 Å². The number of amides is 1. The van der Waals surface area contributed by atoms with E-state index in [1.165, 1.54) is 24.3 Å². The van der Waals surface area contributed by atoms with Crippen molar-refractivity contribution in [3.63, 3.8) is 0 Å². The molecule has 2 N–H and O–H groups in total. The van der Waals surface area contributed by atoms with Gasteiger partial charge in [0, 0.05) is 9.26 Å². The maximum atomic E-state index is 13.1. The zero-order valence-electron chi connectivity index (χ0n) is 18.9. The lowest BCUT2D eigenvalue weighted by Crippen LogP contribution is -2.48. The number of esters is 2. The highest BCUT2D eigenvalue weighted by Gasteiger charge is 2.41. The highest BCUT2D eigenvalue weighted by atomic mass is 127. The monoisotopic (exact) mass is 587 g/mol. The lowest BCUT2D eigenvalue weighted by Gasteiger charge is -2.23. The van der Waals surface area contributed by atoms with Crippen molar-refractivity contribution in [1.82, 2.24) is 0 Å². The molecule has 0 saturated carbocycles. The summed E-state index contributed by atoms with van der Waals surface area (Å²) < 4.78 is 11.3. The van der Waals surface area contributed by atoms with Crippen LogP contribution >= 0.6 is 22.6 Å². The molecule has 2 atom stereocenters. The normalized spacial score (nSPS) is 12.2. The van der Waals surface area contributed by atoms with Gasteiger partial charge in [0.25, 0.3) is 5.91 Å². The molecule has 0 aliphatic heterocycles. The van der Waals surface area contributed by atoms with Crippen LogP contribution in [0.3, 0.4) is 0 Å². The molecule has 0 heterocycles. The lowest BCUT2D eigenvalue weighted by molar-refractivity contribution is -0.157. The van der Waals surface area contributed by atoms with Crippen LogP contribution in [0.15, 0.2) is 72.8 Å². The van der Waals surface area contributed by atoms with E-state index in [1.807, 2.05) is 22.6 Å². The first-order valence-electron chi connectivity index (χ1n) is 10.5. The first-order chi connectivity index (χ1) is 16.6. The van der Waals surface area contributed by atoms with Crippen LogP contribution < -0.4 is 5.32 Å². The summed E-state index contributed by atoms with van der Waals surface area (Å²) in [6, 6.07) is 19.5. The smallest absolute Gasteiger partial charge is 0.349 e. The Morgan fingerprint density at radius 2 is 1.29 bits per heavy atom. The van der Waals surface area contributed by atoms with Crippen molar-refractivity contribution < 1.29 is 33.8 Å². The number of hydrogen-bond donors (Lipinski definition) is 2. The topological polar surface area (TPSA) is 119 Å². The zero-order valence-corrected chi connectivity index (χ0v) is 21.0. The van der Waals surface area contributed by atoms with Crippen LogP contribution in [0.2, 0.25) is 0 Å². The summed E-state index contributed by atoms with van der Waals surface area (Å²) in [6.07, 6.45) is -4.06. The van der Waals surface area contributed by atoms with Gasteiger partial charge < -0.3 is 19.9 Å². The molecule has 3 aromatic carbocycles. The minimum atomic E-state index is -2.10. The first kappa shape index (κ1) is 25.9. The fraction of sp³-hybridized carbons (Fsp3) is 0.154. The number of carbonyl (C=O) groups excluding carboxylic acids is 3. The average molecular weight is 587 g/mol. The summed E-state index contributed by atoms with van der Waals surface area (Å²) in [7, 11) is 0. The molecule has 0 aliphatic rings. The fourth-order valence-electron chi connectivity index (χ4n) is 3.18. The Kier molecular flexibility index (Phi) is 8.58. The van der Waals surface area contributed by atoms with Crippen LogP contribution in [-0.2, 0) is 19.1 Å². The molecule has 0 saturated heterocycles. The van der Waals surface area contributed by atoms with E-state index in [1.54, 1.807) is 62.4 Å². The Balaban J connectivity index is 1.92. The lowest BCUT2D eigenvalue weighted by atomic mass is 10.1. The van der Waals surface area contributed by atoms with E-state index in [0.29, 0.717) is 5.69 Å². The molecule has 0 spiro atoms. The van der Waals surface area contributed by atoms with Crippen molar-refractivity contribution >= 4 is 52.1 Å². The number of rotatable bonds is 8. The van der Waals surface area contributed by atoms with Crippen molar-refractivity contribution in [1.29, 1.82) is 0 Å². The minimum absolute atomic E-state index is 0.0954. The molecule has 1 amide bonds. The summed E-state index contributed by atoms with van der Waals surface area (Å²) in [5.41, 5.74) is 2.09.